The fraction of sp³-hybridized carbons (Fsp3) is 0.524. The number of hydrogen-bond donors (Lipinski definition) is 1. The number of ether oxygens (including phenoxy) is 3. The number of esters is 1. The second kappa shape index (κ2) is 11.5. The topological polar surface area (TPSA) is 125 Å². The van der Waals surface area contributed by atoms with E-state index < -0.39 is 31.4 Å². The van der Waals surface area contributed by atoms with Crippen molar-refractivity contribution in [1.82, 2.24) is 0 Å². The lowest BCUT2D eigenvalue weighted by Gasteiger charge is -2.28. The van der Waals surface area contributed by atoms with E-state index in [9.17, 15) is 24.2 Å². The minimum absolute atomic E-state index is 0.0316. The highest BCUT2D eigenvalue weighted by Gasteiger charge is 2.38. The summed E-state index contributed by atoms with van der Waals surface area (Å²) in [5.74, 6) is -1.11. The van der Waals surface area contributed by atoms with E-state index >= 15 is 0 Å². The van der Waals surface area contributed by atoms with Gasteiger partial charge in [0.15, 0.2) is 0 Å². The third-order valence-corrected chi connectivity index (χ3v) is 4.71. The number of benzene rings is 1. The zero-order valence-electron chi connectivity index (χ0n) is 17.9. The van der Waals surface area contributed by atoms with E-state index in [1.54, 1.807) is 19.1 Å². The van der Waals surface area contributed by atoms with Crippen molar-refractivity contribution in [3.8, 4) is 5.75 Å². The van der Waals surface area contributed by atoms with Crippen molar-refractivity contribution in [2.75, 3.05) is 6.61 Å². The molecule has 2 rings (SSSR count). The first kappa shape index (κ1) is 24.4. The van der Waals surface area contributed by atoms with Gasteiger partial charge in [-0.05, 0) is 38.3 Å². The third kappa shape index (κ3) is 7.39. The predicted octanol–water partition coefficient (Wildman–Crippen LogP) is 2.87. The fourth-order valence-electron chi connectivity index (χ4n) is 3.27. The summed E-state index contributed by atoms with van der Waals surface area (Å²) in [4.78, 5) is 47.0. The van der Waals surface area contributed by atoms with Crippen molar-refractivity contribution in [2.24, 2.45) is 0 Å². The molecule has 0 amide bonds. The Bertz CT molecular complexity index is 823. The summed E-state index contributed by atoms with van der Waals surface area (Å²) in [6.45, 7) is 4.59. The second-order valence-electron chi connectivity index (χ2n) is 7.34. The highest BCUT2D eigenvalue weighted by Crippen LogP contribution is 2.36. The maximum atomic E-state index is 12.5. The van der Waals surface area contributed by atoms with Gasteiger partial charge in [-0.15, -0.1) is 0 Å². The lowest BCUT2D eigenvalue weighted by Crippen LogP contribution is -2.36. The molecule has 2 atom stereocenters. The molecule has 0 spiro atoms. The van der Waals surface area contributed by atoms with Crippen LogP contribution in [0.2, 0.25) is 5.82 Å². The van der Waals surface area contributed by atoms with Gasteiger partial charge >= 0.3 is 19.2 Å². The third-order valence-electron chi connectivity index (χ3n) is 4.71. The molecule has 0 fully saturated rings. The van der Waals surface area contributed by atoms with Crippen LogP contribution in [-0.4, -0.2) is 48.7 Å². The van der Waals surface area contributed by atoms with Crippen LogP contribution in [0.4, 0.5) is 4.79 Å². The van der Waals surface area contributed by atoms with Gasteiger partial charge in [-0.3, -0.25) is 4.79 Å². The maximum Gasteiger partial charge on any atom is 0.526 e. The SMILES string of the molecule is CCOC(=O)OC(C)OC(=O)c1cccc2c1OB(O)[C@@H](CC(=O)CCCC(C)=O)C2. The molecule has 1 aliphatic rings. The Hall–Kier alpha value is -2.88. The summed E-state index contributed by atoms with van der Waals surface area (Å²) < 4.78 is 20.1. The lowest BCUT2D eigenvalue weighted by atomic mass is 9.64. The number of para-hydroxylation sites is 1. The molecule has 0 saturated carbocycles. The van der Waals surface area contributed by atoms with E-state index in [-0.39, 0.29) is 42.3 Å². The number of hydrogen-bond acceptors (Lipinski definition) is 9. The van der Waals surface area contributed by atoms with Crippen molar-refractivity contribution in [3.05, 3.63) is 29.3 Å². The van der Waals surface area contributed by atoms with Gasteiger partial charge in [0.1, 0.15) is 22.9 Å². The molecule has 9 nitrogen and oxygen atoms in total. The standard InChI is InChI=1S/C21H27BO9/c1-4-28-21(26)30-14(3)29-20(25)18-10-6-8-15-11-16(22(27)31-19(15)18)12-17(24)9-5-7-13(2)23/h6,8,10,14,16,27H,4-5,7,9,11-12H2,1-3H3/t14?,16-/m1/s1. The second-order valence-corrected chi connectivity index (χ2v) is 7.34. The number of Topliss-reactive ketones (excluding diaryl/α,β-unsaturated/α-hetero) is 2. The molecule has 168 valence electrons. The van der Waals surface area contributed by atoms with Crippen LogP contribution in [0, 0.1) is 0 Å². The van der Waals surface area contributed by atoms with E-state index in [4.69, 9.17) is 14.1 Å². The summed E-state index contributed by atoms with van der Waals surface area (Å²) in [6, 6.07) is 4.85. The number of ketones is 2. The van der Waals surface area contributed by atoms with Crippen LogP contribution in [0.25, 0.3) is 0 Å². The van der Waals surface area contributed by atoms with Crippen LogP contribution in [0.3, 0.4) is 0 Å². The molecule has 0 radical (unpaired) electrons. The molecule has 0 aliphatic carbocycles. The van der Waals surface area contributed by atoms with Crippen LogP contribution in [-0.2, 0) is 30.2 Å². The van der Waals surface area contributed by atoms with Crippen molar-refractivity contribution in [1.29, 1.82) is 0 Å². The Morgan fingerprint density at radius 3 is 2.65 bits per heavy atom. The molecule has 1 aromatic rings. The molecule has 1 unspecified atom stereocenters. The van der Waals surface area contributed by atoms with Crippen LogP contribution < -0.4 is 4.65 Å². The minimum atomic E-state index is -1.27. The van der Waals surface area contributed by atoms with E-state index in [0.29, 0.717) is 24.8 Å². The van der Waals surface area contributed by atoms with Crippen LogP contribution in [0.5, 0.6) is 5.75 Å². The van der Waals surface area contributed by atoms with Gasteiger partial charge in [-0.25, -0.2) is 9.59 Å². The summed E-state index contributed by atoms with van der Waals surface area (Å²) in [5.41, 5.74) is 0.724. The monoisotopic (exact) mass is 434 g/mol. The zero-order chi connectivity index (χ0) is 23.0. The van der Waals surface area contributed by atoms with E-state index in [2.05, 4.69) is 4.74 Å². The van der Waals surface area contributed by atoms with Gasteiger partial charge in [0.05, 0.1) is 6.61 Å². The smallest absolute Gasteiger partial charge is 0.526 e. The first-order valence-corrected chi connectivity index (χ1v) is 10.2. The predicted molar refractivity (Wildman–Crippen MR) is 110 cm³/mol. The first-order valence-electron chi connectivity index (χ1n) is 10.2. The molecule has 10 heteroatoms. The van der Waals surface area contributed by atoms with Gasteiger partial charge < -0.3 is 28.7 Å². The molecular formula is C21H27BO9. The molecule has 1 N–H and O–H groups in total. The van der Waals surface area contributed by atoms with Crippen molar-refractivity contribution in [3.63, 3.8) is 0 Å². The number of rotatable bonds is 10. The van der Waals surface area contributed by atoms with Crippen LogP contribution >= 0.6 is 0 Å². The Kier molecular flexibility index (Phi) is 9.05. The van der Waals surface area contributed by atoms with Gasteiger partial charge in [0.25, 0.3) is 0 Å². The number of carbonyl (C=O) groups is 4. The number of fused-ring (bicyclic) bond motifs is 1. The largest absolute Gasteiger partial charge is 0.535 e. The van der Waals surface area contributed by atoms with Gasteiger partial charge in [-0.2, -0.15) is 0 Å². The highest BCUT2D eigenvalue weighted by atomic mass is 16.8. The molecule has 1 aliphatic heterocycles. The Labute approximate surface area is 181 Å². The normalized spacial score (nSPS) is 15.9. The minimum Gasteiger partial charge on any atom is -0.535 e. The van der Waals surface area contributed by atoms with E-state index in [1.165, 1.54) is 19.9 Å². The van der Waals surface area contributed by atoms with Gasteiger partial charge in [-0.1, -0.05) is 12.1 Å². The van der Waals surface area contributed by atoms with Crippen molar-refractivity contribution >= 4 is 30.8 Å². The Morgan fingerprint density at radius 1 is 1.23 bits per heavy atom. The summed E-state index contributed by atoms with van der Waals surface area (Å²) >= 11 is 0. The van der Waals surface area contributed by atoms with Crippen molar-refractivity contribution in [2.45, 2.75) is 65.0 Å². The van der Waals surface area contributed by atoms with Gasteiger partial charge in [0, 0.05) is 32.0 Å². The fourth-order valence-corrected chi connectivity index (χ4v) is 3.27. The van der Waals surface area contributed by atoms with Crippen LogP contribution in [0.1, 0.15) is 62.4 Å². The van der Waals surface area contributed by atoms with Crippen LogP contribution in [0.15, 0.2) is 18.2 Å². The summed E-state index contributed by atoms with van der Waals surface area (Å²) in [7, 11) is -1.27. The lowest BCUT2D eigenvalue weighted by molar-refractivity contribution is -0.119. The van der Waals surface area contributed by atoms with Gasteiger partial charge in [0.2, 0.25) is 6.29 Å². The maximum absolute atomic E-state index is 12.5. The molecule has 1 aromatic carbocycles. The Balaban J connectivity index is 2.01. The molecule has 0 aromatic heterocycles. The average molecular weight is 434 g/mol. The average Bonchev–Trinajstić information content (AvgIpc) is 2.67. The summed E-state index contributed by atoms with van der Waals surface area (Å²) in [5, 5.41) is 10.4. The molecule has 0 bridgehead atoms. The molecule has 1 heterocycles. The Morgan fingerprint density at radius 2 is 1.97 bits per heavy atom. The molecule has 31 heavy (non-hydrogen) atoms. The first-order chi connectivity index (χ1) is 14.7. The van der Waals surface area contributed by atoms with Crippen molar-refractivity contribution < 1.29 is 43.1 Å². The summed E-state index contributed by atoms with van der Waals surface area (Å²) in [6.07, 6.45) is -0.599. The van der Waals surface area contributed by atoms with E-state index in [1.807, 2.05) is 0 Å². The number of carbonyl (C=O) groups excluding carboxylic acids is 4. The molecule has 0 saturated heterocycles. The molecular weight excluding hydrogens is 407 g/mol. The highest BCUT2D eigenvalue weighted by molar-refractivity contribution is 6.47. The zero-order valence-corrected chi connectivity index (χ0v) is 17.9. The van der Waals surface area contributed by atoms with E-state index in [0.717, 1.165) is 0 Å². The quantitative estimate of drug-likeness (QED) is 0.336.